The molecule has 0 N–H and O–H groups in total. The summed E-state index contributed by atoms with van der Waals surface area (Å²) in [5.41, 5.74) is 2.08. The molecule has 4 heteroatoms. The van der Waals surface area contributed by atoms with E-state index in [0.29, 0.717) is 22.4 Å². The molecule has 0 spiro atoms. The summed E-state index contributed by atoms with van der Waals surface area (Å²) in [6.07, 6.45) is 0. The maximum Gasteiger partial charge on any atom is 0.161 e. The Hall–Kier alpha value is -1.38. The van der Waals surface area contributed by atoms with Crippen LogP contribution in [0.5, 0.6) is 11.5 Å². The molecule has 0 saturated carbocycles. The fourth-order valence-electron chi connectivity index (χ4n) is 1.68. The second-order valence-corrected chi connectivity index (χ2v) is 5.01. The first-order valence-electron chi connectivity index (χ1n) is 5.81. The normalized spacial score (nSPS) is 10.3. The van der Waals surface area contributed by atoms with Crippen LogP contribution in [0.4, 0.5) is 0 Å². The van der Waals surface area contributed by atoms with Crippen molar-refractivity contribution in [3.63, 3.8) is 0 Å². The van der Waals surface area contributed by atoms with E-state index in [2.05, 4.69) is 0 Å². The molecule has 0 aromatic heterocycles. The molecule has 2 aromatic rings. The zero-order chi connectivity index (χ0) is 13.8. The van der Waals surface area contributed by atoms with Gasteiger partial charge in [0.05, 0.1) is 17.2 Å². The third-order valence-electron chi connectivity index (χ3n) is 2.70. The number of halogens is 2. The Labute approximate surface area is 122 Å². The van der Waals surface area contributed by atoms with Crippen molar-refractivity contribution < 1.29 is 9.47 Å². The smallest absolute Gasteiger partial charge is 0.161 e. The topological polar surface area (TPSA) is 18.5 Å². The van der Waals surface area contributed by atoms with Crippen LogP contribution in [-0.2, 0) is 6.61 Å². The monoisotopic (exact) mass is 296 g/mol. The van der Waals surface area contributed by atoms with E-state index in [1.165, 1.54) is 0 Å². The van der Waals surface area contributed by atoms with Gasteiger partial charge in [0.2, 0.25) is 0 Å². The van der Waals surface area contributed by atoms with Gasteiger partial charge in [0.25, 0.3) is 0 Å². The number of aryl methyl sites for hydroxylation is 1. The maximum absolute atomic E-state index is 5.96. The summed E-state index contributed by atoms with van der Waals surface area (Å²) < 4.78 is 11.0. The van der Waals surface area contributed by atoms with Gasteiger partial charge < -0.3 is 9.47 Å². The highest BCUT2D eigenvalue weighted by Crippen LogP contribution is 2.29. The highest BCUT2D eigenvalue weighted by Gasteiger charge is 2.05. The molecule has 0 fully saturated rings. The minimum Gasteiger partial charge on any atom is -0.493 e. The summed E-state index contributed by atoms with van der Waals surface area (Å²) in [5, 5.41) is 1.07. The Morgan fingerprint density at radius 2 is 1.74 bits per heavy atom. The minimum absolute atomic E-state index is 0.413. The highest BCUT2D eigenvalue weighted by molar-refractivity contribution is 6.42. The van der Waals surface area contributed by atoms with Crippen molar-refractivity contribution in [3.8, 4) is 11.5 Å². The Morgan fingerprint density at radius 1 is 0.947 bits per heavy atom. The molecule has 0 aliphatic rings. The first-order valence-corrected chi connectivity index (χ1v) is 6.57. The molecule has 19 heavy (non-hydrogen) atoms. The van der Waals surface area contributed by atoms with E-state index in [4.69, 9.17) is 32.7 Å². The molecule has 0 aliphatic heterocycles. The molecular weight excluding hydrogens is 283 g/mol. The molecule has 0 heterocycles. The lowest BCUT2D eigenvalue weighted by atomic mass is 10.2. The Morgan fingerprint density at radius 3 is 2.42 bits per heavy atom. The second kappa shape index (κ2) is 6.18. The Bertz CT molecular complexity index is 582. The summed E-state index contributed by atoms with van der Waals surface area (Å²) in [5.74, 6) is 1.43. The standard InChI is InChI=1S/C15H14Cl2O2/c1-10-3-6-14(15(7-10)18-2)19-9-11-4-5-12(16)13(17)8-11/h3-8H,9H2,1-2H3. The molecule has 2 rings (SSSR count). The fraction of sp³-hybridized carbons (Fsp3) is 0.200. The Balaban J connectivity index is 2.12. The van der Waals surface area contributed by atoms with Gasteiger partial charge in [-0.15, -0.1) is 0 Å². The van der Waals surface area contributed by atoms with Crippen molar-refractivity contribution in [2.24, 2.45) is 0 Å². The molecular formula is C15H14Cl2O2. The van der Waals surface area contributed by atoms with E-state index in [1.54, 1.807) is 19.2 Å². The molecule has 100 valence electrons. The van der Waals surface area contributed by atoms with E-state index in [9.17, 15) is 0 Å². The molecule has 0 amide bonds. The van der Waals surface area contributed by atoms with E-state index < -0.39 is 0 Å². The van der Waals surface area contributed by atoms with Crippen LogP contribution in [0.3, 0.4) is 0 Å². The first kappa shape index (κ1) is 14.0. The predicted octanol–water partition coefficient (Wildman–Crippen LogP) is 4.89. The molecule has 2 nitrogen and oxygen atoms in total. The van der Waals surface area contributed by atoms with Crippen molar-refractivity contribution in [1.29, 1.82) is 0 Å². The van der Waals surface area contributed by atoms with Crippen LogP contribution in [0.15, 0.2) is 36.4 Å². The predicted molar refractivity (Wildman–Crippen MR) is 78.5 cm³/mol. The molecule has 0 atom stereocenters. The average Bonchev–Trinajstić information content (AvgIpc) is 2.41. The van der Waals surface area contributed by atoms with Gasteiger partial charge in [-0.1, -0.05) is 35.3 Å². The van der Waals surface area contributed by atoms with Gasteiger partial charge in [-0.25, -0.2) is 0 Å². The van der Waals surface area contributed by atoms with Crippen LogP contribution in [0, 0.1) is 6.92 Å². The third kappa shape index (κ3) is 3.55. The molecule has 0 bridgehead atoms. The number of benzene rings is 2. The van der Waals surface area contributed by atoms with E-state index >= 15 is 0 Å². The average molecular weight is 297 g/mol. The van der Waals surface area contributed by atoms with Gasteiger partial charge >= 0.3 is 0 Å². The SMILES string of the molecule is COc1cc(C)ccc1OCc1ccc(Cl)c(Cl)c1. The van der Waals surface area contributed by atoms with Crippen LogP contribution in [0.1, 0.15) is 11.1 Å². The summed E-state index contributed by atoms with van der Waals surface area (Å²) in [6, 6.07) is 11.2. The lowest BCUT2D eigenvalue weighted by Crippen LogP contribution is -1.98. The van der Waals surface area contributed by atoms with Crippen LogP contribution in [0.25, 0.3) is 0 Å². The zero-order valence-electron chi connectivity index (χ0n) is 10.7. The van der Waals surface area contributed by atoms with Crippen LogP contribution < -0.4 is 9.47 Å². The Kier molecular flexibility index (Phi) is 4.56. The number of methoxy groups -OCH3 is 1. The van der Waals surface area contributed by atoms with Crippen LogP contribution in [0.2, 0.25) is 10.0 Å². The summed E-state index contributed by atoms with van der Waals surface area (Å²) in [6.45, 7) is 2.42. The largest absolute Gasteiger partial charge is 0.493 e. The van der Waals surface area contributed by atoms with Gasteiger partial charge in [0.15, 0.2) is 11.5 Å². The van der Waals surface area contributed by atoms with Gasteiger partial charge in [-0.05, 0) is 42.3 Å². The van der Waals surface area contributed by atoms with Crippen molar-refractivity contribution in [2.75, 3.05) is 7.11 Å². The van der Waals surface area contributed by atoms with Crippen molar-refractivity contribution in [3.05, 3.63) is 57.6 Å². The van der Waals surface area contributed by atoms with Crippen molar-refractivity contribution >= 4 is 23.2 Å². The number of hydrogen-bond donors (Lipinski definition) is 0. The fourth-order valence-corrected chi connectivity index (χ4v) is 2.01. The lowest BCUT2D eigenvalue weighted by molar-refractivity contribution is 0.284. The van der Waals surface area contributed by atoms with E-state index in [1.807, 2.05) is 31.2 Å². The third-order valence-corrected chi connectivity index (χ3v) is 3.44. The summed E-state index contributed by atoms with van der Waals surface area (Å²) in [7, 11) is 1.63. The minimum atomic E-state index is 0.413. The quantitative estimate of drug-likeness (QED) is 0.800. The van der Waals surface area contributed by atoms with Gasteiger partial charge in [0, 0.05) is 0 Å². The number of ether oxygens (including phenoxy) is 2. The number of hydrogen-bond acceptors (Lipinski definition) is 2. The van der Waals surface area contributed by atoms with Gasteiger partial charge in [-0.3, -0.25) is 0 Å². The van der Waals surface area contributed by atoms with E-state index in [0.717, 1.165) is 16.9 Å². The molecule has 0 radical (unpaired) electrons. The molecule has 0 aliphatic carbocycles. The summed E-state index contributed by atoms with van der Waals surface area (Å²) >= 11 is 11.8. The van der Waals surface area contributed by atoms with Gasteiger partial charge in [0.1, 0.15) is 6.61 Å². The highest BCUT2D eigenvalue weighted by atomic mass is 35.5. The first-order chi connectivity index (χ1) is 9.10. The molecule has 0 unspecified atom stereocenters. The van der Waals surface area contributed by atoms with Gasteiger partial charge in [-0.2, -0.15) is 0 Å². The van der Waals surface area contributed by atoms with Crippen molar-refractivity contribution in [2.45, 2.75) is 13.5 Å². The summed E-state index contributed by atoms with van der Waals surface area (Å²) in [4.78, 5) is 0. The van der Waals surface area contributed by atoms with Crippen molar-refractivity contribution in [1.82, 2.24) is 0 Å². The zero-order valence-corrected chi connectivity index (χ0v) is 12.3. The number of rotatable bonds is 4. The van der Waals surface area contributed by atoms with Crippen LogP contribution >= 0.6 is 23.2 Å². The molecule has 0 saturated heterocycles. The van der Waals surface area contributed by atoms with Crippen LogP contribution in [-0.4, -0.2) is 7.11 Å². The molecule has 2 aromatic carbocycles. The maximum atomic E-state index is 5.96. The lowest BCUT2D eigenvalue weighted by Gasteiger charge is -2.11. The second-order valence-electron chi connectivity index (χ2n) is 4.19. The van der Waals surface area contributed by atoms with E-state index in [-0.39, 0.29) is 0 Å².